The summed E-state index contributed by atoms with van der Waals surface area (Å²) in [5, 5.41) is 9.64. The molecule has 206 valence electrons. The first kappa shape index (κ1) is 27.9. The smallest absolute Gasteiger partial charge is 0.315 e. The molecule has 3 aromatic rings. The van der Waals surface area contributed by atoms with Crippen molar-refractivity contribution in [3.8, 4) is 11.1 Å². The fourth-order valence-electron chi connectivity index (χ4n) is 4.48. The second kappa shape index (κ2) is 11.3. The van der Waals surface area contributed by atoms with Gasteiger partial charge in [0.2, 0.25) is 5.91 Å². The van der Waals surface area contributed by atoms with Crippen LogP contribution in [0.2, 0.25) is 0 Å². The molecule has 0 saturated carbocycles. The third kappa shape index (κ3) is 6.32. The maximum Gasteiger partial charge on any atom is 0.315 e. The van der Waals surface area contributed by atoms with Gasteiger partial charge in [-0.1, -0.05) is 44.6 Å². The molecule has 10 heteroatoms. The summed E-state index contributed by atoms with van der Waals surface area (Å²) in [4.78, 5) is 35.3. The van der Waals surface area contributed by atoms with Gasteiger partial charge in [-0.2, -0.15) is 4.98 Å². The van der Waals surface area contributed by atoms with Crippen molar-refractivity contribution in [1.29, 1.82) is 0 Å². The molecule has 0 aliphatic carbocycles. The second-order valence-corrected chi connectivity index (χ2v) is 11.0. The monoisotopic (exact) mass is 534 g/mol. The summed E-state index contributed by atoms with van der Waals surface area (Å²) < 4.78 is 20.9. The van der Waals surface area contributed by atoms with Gasteiger partial charge in [-0.3, -0.25) is 14.6 Å². The Balaban J connectivity index is 1.51. The Morgan fingerprint density at radius 1 is 1.23 bits per heavy atom. The van der Waals surface area contributed by atoms with E-state index in [4.69, 9.17) is 4.52 Å². The van der Waals surface area contributed by atoms with Crippen LogP contribution in [0.15, 0.2) is 47.3 Å². The van der Waals surface area contributed by atoms with Gasteiger partial charge in [0.1, 0.15) is 5.82 Å². The van der Waals surface area contributed by atoms with E-state index in [1.54, 1.807) is 44.4 Å². The first-order valence-electron chi connectivity index (χ1n) is 13.0. The lowest BCUT2D eigenvalue weighted by Crippen LogP contribution is -2.48. The number of carbonyl (C=O) groups is 2. The second-order valence-electron chi connectivity index (χ2n) is 11.0. The number of rotatable bonds is 7. The standard InChI is InChI=1S/C29H35FN6O3/c1-17(2)25(37)33-20-8-7-13-36(16-20)23-15-31-12-11-21(23)22-10-9-19(18(3)24(22)30)14-32-26(38)27-34-28(35-39-27)29(4,5)6/h9-12,15,20H,1,7-8,13-14,16H2,2-6H3,(H,32,38)(H,33,37). The number of pyridine rings is 1. The quantitative estimate of drug-likeness (QED) is 0.430. The Labute approximate surface area is 227 Å². The zero-order valence-corrected chi connectivity index (χ0v) is 23.1. The van der Waals surface area contributed by atoms with Crippen molar-refractivity contribution in [1.82, 2.24) is 25.8 Å². The van der Waals surface area contributed by atoms with E-state index >= 15 is 4.39 Å². The van der Waals surface area contributed by atoms with Crippen LogP contribution < -0.4 is 15.5 Å². The number of carbonyl (C=O) groups excluding carboxylic acids is 2. The molecule has 1 saturated heterocycles. The number of hydrogen-bond donors (Lipinski definition) is 2. The van der Waals surface area contributed by atoms with E-state index in [-0.39, 0.29) is 35.6 Å². The lowest BCUT2D eigenvalue weighted by Gasteiger charge is -2.35. The van der Waals surface area contributed by atoms with Crippen molar-refractivity contribution in [2.75, 3.05) is 18.0 Å². The van der Waals surface area contributed by atoms with Crippen LogP contribution in [-0.2, 0) is 16.8 Å². The van der Waals surface area contributed by atoms with Gasteiger partial charge in [0.05, 0.1) is 11.9 Å². The van der Waals surface area contributed by atoms with Crippen molar-refractivity contribution in [3.63, 3.8) is 0 Å². The molecule has 2 aromatic heterocycles. The minimum atomic E-state index is -0.517. The summed E-state index contributed by atoms with van der Waals surface area (Å²) in [6.07, 6.45) is 5.12. The Morgan fingerprint density at radius 2 is 2.00 bits per heavy atom. The molecule has 1 aliphatic rings. The van der Waals surface area contributed by atoms with Gasteiger partial charge in [0.25, 0.3) is 0 Å². The van der Waals surface area contributed by atoms with Crippen LogP contribution in [0.3, 0.4) is 0 Å². The van der Waals surface area contributed by atoms with Gasteiger partial charge in [-0.25, -0.2) is 4.39 Å². The third-order valence-electron chi connectivity index (χ3n) is 6.80. The summed E-state index contributed by atoms with van der Waals surface area (Å²) in [7, 11) is 0. The van der Waals surface area contributed by atoms with E-state index in [1.165, 1.54) is 0 Å². The minimum absolute atomic E-state index is 0.0353. The minimum Gasteiger partial charge on any atom is -0.368 e. The van der Waals surface area contributed by atoms with Crippen molar-refractivity contribution < 1.29 is 18.5 Å². The predicted molar refractivity (Wildman–Crippen MR) is 147 cm³/mol. The van der Waals surface area contributed by atoms with Crippen LogP contribution in [0, 0.1) is 12.7 Å². The summed E-state index contributed by atoms with van der Waals surface area (Å²) in [6.45, 7) is 14.3. The molecule has 1 atom stereocenters. The molecule has 9 nitrogen and oxygen atoms in total. The van der Waals surface area contributed by atoms with E-state index in [0.717, 1.165) is 25.1 Å². The van der Waals surface area contributed by atoms with Gasteiger partial charge >= 0.3 is 11.8 Å². The fraction of sp³-hybridized carbons (Fsp3) is 0.414. The van der Waals surface area contributed by atoms with Gasteiger partial charge in [-0.05, 0) is 43.9 Å². The van der Waals surface area contributed by atoms with E-state index < -0.39 is 5.91 Å². The Kier molecular flexibility index (Phi) is 8.13. The molecule has 1 aromatic carbocycles. The maximum absolute atomic E-state index is 15.8. The summed E-state index contributed by atoms with van der Waals surface area (Å²) in [6, 6.07) is 5.29. The molecular formula is C29H35FN6O3. The van der Waals surface area contributed by atoms with Crippen LogP contribution >= 0.6 is 0 Å². The molecular weight excluding hydrogens is 499 g/mol. The third-order valence-corrected chi connectivity index (χ3v) is 6.80. The van der Waals surface area contributed by atoms with Crippen molar-refractivity contribution in [2.45, 2.75) is 65.5 Å². The Hall–Kier alpha value is -4.08. The number of nitrogens with one attached hydrogen (secondary N) is 2. The SMILES string of the molecule is C=C(C)C(=O)NC1CCCN(c2cnccc2-c2ccc(CNC(=O)c3nc(C(C)(C)C)no3)c(C)c2F)C1. The predicted octanol–water partition coefficient (Wildman–Crippen LogP) is 4.47. The summed E-state index contributed by atoms with van der Waals surface area (Å²) in [5.41, 5.74) is 3.15. The lowest BCUT2D eigenvalue weighted by atomic mass is 9.96. The Bertz CT molecular complexity index is 1390. The van der Waals surface area contributed by atoms with Gasteiger partial charge in [-0.15, -0.1) is 0 Å². The van der Waals surface area contributed by atoms with E-state index in [2.05, 4.69) is 37.2 Å². The van der Waals surface area contributed by atoms with Crippen LogP contribution in [0.1, 0.15) is 68.2 Å². The number of nitrogens with zero attached hydrogens (tertiary/aromatic N) is 4. The molecule has 1 aliphatic heterocycles. The first-order chi connectivity index (χ1) is 18.5. The average Bonchev–Trinajstić information content (AvgIpc) is 3.41. The molecule has 1 fully saturated rings. The molecule has 39 heavy (non-hydrogen) atoms. The molecule has 1 unspecified atom stereocenters. The van der Waals surface area contributed by atoms with Crippen LogP contribution in [0.5, 0.6) is 0 Å². The highest BCUT2D eigenvalue weighted by Crippen LogP contribution is 2.35. The van der Waals surface area contributed by atoms with Gasteiger partial charge < -0.3 is 20.1 Å². The highest BCUT2D eigenvalue weighted by molar-refractivity contribution is 5.92. The van der Waals surface area contributed by atoms with Crippen molar-refractivity contribution in [3.05, 3.63) is 71.4 Å². The van der Waals surface area contributed by atoms with E-state index in [0.29, 0.717) is 40.2 Å². The first-order valence-corrected chi connectivity index (χ1v) is 13.0. The van der Waals surface area contributed by atoms with Gasteiger partial charge in [0, 0.05) is 54.0 Å². The molecule has 3 heterocycles. The molecule has 4 rings (SSSR count). The number of aromatic nitrogens is 3. The number of hydrogen-bond acceptors (Lipinski definition) is 7. The zero-order chi connectivity index (χ0) is 28.3. The Morgan fingerprint density at radius 3 is 2.69 bits per heavy atom. The largest absolute Gasteiger partial charge is 0.368 e. The number of benzene rings is 1. The van der Waals surface area contributed by atoms with Crippen molar-refractivity contribution in [2.24, 2.45) is 0 Å². The number of piperidine rings is 1. The molecule has 2 amide bonds. The van der Waals surface area contributed by atoms with Crippen LogP contribution in [0.25, 0.3) is 11.1 Å². The normalized spacial score (nSPS) is 15.6. The molecule has 2 N–H and O–H groups in total. The number of amides is 2. The lowest BCUT2D eigenvalue weighted by molar-refractivity contribution is -0.118. The maximum atomic E-state index is 15.8. The highest BCUT2D eigenvalue weighted by atomic mass is 19.1. The summed E-state index contributed by atoms with van der Waals surface area (Å²) in [5.74, 6) is -0.741. The number of halogens is 1. The summed E-state index contributed by atoms with van der Waals surface area (Å²) >= 11 is 0. The average molecular weight is 535 g/mol. The van der Waals surface area contributed by atoms with E-state index in [1.807, 2.05) is 20.8 Å². The molecule has 0 bridgehead atoms. The molecule has 0 spiro atoms. The van der Waals surface area contributed by atoms with Crippen LogP contribution in [-0.4, -0.2) is 46.1 Å². The fourth-order valence-corrected chi connectivity index (χ4v) is 4.48. The zero-order valence-electron chi connectivity index (χ0n) is 23.1. The van der Waals surface area contributed by atoms with Crippen LogP contribution in [0.4, 0.5) is 10.1 Å². The van der Waals surface area contributed by atoms with Gasteiger partial charge in [0.15, 0.2) is 5.82 Å². The molecule has 0 radical (unpaired) electrons. The van der Waals surface area contributed by atoms with E-state index in [9.17, 15) is 9.59 Å². The van der Waals surface area contributed by atoms with Crippen molar-refractivity contribution >= 4 is 17.5 Å². The number of anilines is 1. The highest BCUT2D eigenvalue weighted by Gasteiger charge is 2.26. The topological polar surface area (TPSA) is 113 Å².